The van der Waals surface area contributed by atoms with Crippen LogP contribution in [0.5, 0.6) is 0 Å². The Bertz CT molecular complexity index is 1680. The van der Waals surface area contributed by atoms with Crippen LogP contribution >= 0.6 is 11.3 Å². The average Bonchev–Trinajstić information content (AvgIpc) is 3.28. The molecule has 0 radical (unpaired) electrons. The zero-order valence-corrected chi connectivity index (χ0v) is 20.3. The van der Waals surface area contributed by atoms with Gasteiger partial charge in [0.25, 0.3) is 15.9 Å². The van der Waals surface area contributed by atoms with E-state index in [1.807, 2.05) is 37.3 Å². The van der Waals surface area contributed by atoms with Crippen LogP contribution in [0.3, 0.4) is 0 Å². The summed E-state index contributed by atoms with van der Waals surface area (Å²) in [6.07, 6.45) is 5.04. The summed E-state index contributed by atoms with van der Waals surface area (Å²) in [5.41, 5.74) is 4.49. The molecule has 1 N–H and O–H groups in total. The molecule has 6 rings (SSSR count). The van der Waals surface area contributed by atoms with Crippen molar-refractivity contribution in [3.8, 4) is 21.7 Å². The van der Waals surface area contributed by atoms with Crippen LogP contribution in [0.4, 0.5) is 0 Å². The topological polar surface area (TPSA) is 107 Å². The van der Waals surface area contributed by atoms with Gasteiger partial charge in [0, 0.05) is 23.1 Å². The van der Waals surface area contributed by atoms with Gasteiger partial charge >= 0.3 is 0 Å². The molecule has 5 aromatic rings. The van der Waals surface area contributed by atoms with Gasteiger partial charge in [-0.15, -0.1) is 11.3 Å². The average molecular weight is 505 g/mol. The lowest BCUT2D eigenvalue weighted by molar-refractivity contribution is 0.0951. The summed E-state index contributed by atoms with van der Waals surface area (Å²) in [7, 11) is -3.89. The molecule has 1 aliphatic rings. The number of amides is 1. The van der Waals surface area contributed by atoms with Gasteiger partial charge in [-0.2, -0.15) is 17.6 Å². The molecule has 0 unspecified atom stereocenters. The van der Waals surface area contributed by atoms with E-state index in [9.17, 15) is 13.2 Å². The molecule has 1 saturated carbocycles. The van der Waals surface area contributed by atoms with Crippen LogP contribution in [0, 0.1) is 6.92 Å². The van der Waals surface area contributed by atoms with Crippen molar-refractivity contribution in [1.82, 2.24) is 19.7 Å². The smallest absolute Gasteiger partial charge is 0.293 e. The lowest BCUT2D eigenvalue weighted by Gasteiger charge is -2.10. The van der Waals surface area contributed by atoms with E-state index in [1.165, 1.54) is 6.26 Å². The number of carbonyl (C=O) groups is 1. The number of fused-ring (bicyclic) bond motifs is 1. The van der Waals surface area contributed by atoms with Gasteiger partial charge in [-0.1, -0.05) is 17.3 Å². The Balaban J connectivity index is 1.35. The molecule has 0 bridgehead atoms. The molecule has 1 amide bonds. The summed E-state index contributed by atoms with van der Waals surface area (Å²) < 4.78 is 32.7. The number of aryl methyl sites for hydroxylation is 1. The molecule has 0 spiro atoms. The van der Waals surface area contributed by atoms with Crippen LogP contribution < -0.4 is 5.32 Å². The second-order valence-electron chi connectivity index (χ2n) is 8.55. The minimum atomic E-state index is -3.89. The van der Waals surface area contributed by atoms with Gasteiger partial charge < -0.3 is 9.84 Å². The molecule has 1 fully saturated rings. The van der Waals surface area contributed by atoms with Gasteiger partial charge in [0.15, 0.2) is 0 Å². The number of benzene rings is 2. The minimum absolute atomic E-state index is 0.0744. The maximum Gasteiger partial charge on any atom is 0.293 e. The van der Waals surface area contributed by atoms with Crippen LogP contribution in [-0.4, -0.2) is 34.7 Å². The summed E-state index contributed by atoms with van der Waals surface area (Å²) >= 11 is 1.11. The van der Waals surface area contributed by atoms with Crippen molar-refractivity contribution in [1.29, 1.82) is 0 Å². The van der Waals surface area contributed by atoms with Crippen molar-refractivity contribution in [3.63, 3.8) is 0 Å². The first-order chi connectivity index (χ1) is 16.9. The first kappa shape index (κ1) is 21.8. The van der Waals surface area contributed by atoms with Crippen molar-refractivity contribution in [2.24, 2.45) is 0 Å². The molecule has 176 valence electrons. The normalized spacial score (nSPS) is 13.9. The molecule has 3 heterocycles. The number of nitrogens with zero attached hydrogens (tertiary/aromatic N) is 3. The maximum absolute atomic E-state index is 13.3. The van der Waals surface area contributed by atoms with Crippen LogP contribution in [0.2, 0.25) is 0 Å². The zero-order valence-electron chi connectivity index (χ0n) is 18.6. The van der Waals surface area contributed by atoms with Crippen LogP contribution in [0.15, 0.2) is 75.8 Å². The Hall–Kier alpha value is -3.76. The van der Waals surface area contributed by atoms with E-state index in [2.05, 4.69) is 15.6 Å². The summed E-state index contributed by atoms with van der Waals surface area (Å²) in [4.78, 5) is 13.2. The highest BCUT2D eigenvalue weighted by Crippen LogP contribution is 2.33. The van der Waals surface area contributed by atoms with Gasteiger partial charge in [0.05, 0.1) is 16.6 Å². The maximum atomic E-state index is 13.3. The number of aromatic nitrogens is 3. The highest BCUT2D eigenvalue weighted by molar-refractivity contribution is 7.92. The second-order valence-corrected chi connectivity index (χ2v) is 11.6. The summed E-state index contributed by atoms with van der Waals surface area (Å²) in [6.45, 7) is 1.99. The summed E-state index contributed by atoms with van der Waals surface area (Å²) in [6, 6.07) is 16.4. The van der Waals surface area contributed by atoms with Gasteiger partial charge in [0.2, 0.25) is 0 Å². The van der Waals surface area contributed by atoms with Gasteiger partial charge in [-0.3, -0.25) is 4.79 Å². The number of thiophene rings is 1. The Morgan fingerprint density at radius 1 is 1.11 bits per heavy atom. The van der Waals surface area contributed by atoms with E-state index in [0.717, 1.165) is 45.0 Å². The second kappa shape index (κ2) is 8.17. The third-order valence-corrected chi connectivity index (χ3v) is 9.19. The lowest BCUT2D eigenvalue weighted by atomic mass is 9.97. The fourth-order valence-corrected chi connectivity index (χ4v) is 6.57. The summed E-state index contributed by atoms with van der Waals surface area (Å²) in [5.74, 6) is -0.0744. The van der Waals surface area contributed by atoms with E-state index in [4.69, 9.17) is 4.52 Å². The number of nitrogens with one attached hydrogen (secondary N) is 1. The Morgan fingerprint density at radius 2 is 1.97 bits per heavy atom. The standard InChI is InChI=1S/C25H20N4O4S2/c1-15-2-3-17(25(30)27-19-5-6-19)13-20(15)16-4-7-22-18(12-16)14-26-29(22)35(31,32)24-9-8-23(34-24)21-10-11-33-28-21/h2-4,7-14,19H,5-6H2,1H3,(H,27,30). The number of carbonyl (C=O) groups excluding carboxylic acids is 1. The molecule has 3 aromatic heterocycles. The monoisotopic (exact) mass is 504 g/mol. The molecular formula is C25H20N4O4S2. The van der Waals surface area contributed by atoms with Crippen molar-refractivity contribution in [3.05, 3.63) is 78.2 Å². The fraction of sp³-hybridized carbons (Fsp3) is 0.160. The lowest BCUT2D eigenvalue weighted by Crippen LogP contribution is -2.25. The van der Waals surface area contributed by atoms with Crippen molar-refractivity contribution in [2.75, 3.05) is 0 Å². The van der Waals surface area contributed by atoms with E-state index < -0.39 is 10.0 Å². The highest BCUT2D eigenvalue weighted by Gasteiger charge is 2.25. The quantitative estimate of drug-likeness (QED) is 0.354. The molecule has 0 atom stereocenters. The zero-order chi connectivity index (χ0) is 24.2. The van der Waals surface area contributed by atoms with Crippen molar-refractivity contribution >= 4 is 38.2 Å². The molecule has 0 saturated heterocycles. The largest absolute Gasteiger partial charge is 0.364 e. The molecule has 0 aliphatic heterocycles. The fourth-order valence-electron chi connectivity index (χ4n) is 3.96. The van der Waals surface area contributed by atoms with Crippen LogP contribution in [-0.2, 0) is 10.0 Å². The predicted molar refractivity (Wildman–Crippen MR) is 133 cm³/mol. The minimum Gasteiger partial charge on any atom is -0.364 e. The predicted octanol–water partition coefficient (Wildman–Crippen LogP) is 4.86. The van der Waals surface area contributed by atoms with E-state index in [-0.39, 0.29) is 16.2 Å². The first-order valence-corrected chi connectivity index (χ1v) is 13.3. The molecule has 10 heteroatoms. The van der Waals surface area contributed by atoms with E-state index in [0.29, 0.717) is 27.0 Å². The molecular weight excluding hydrogens is 484 g/mol. The van der Waals surface area contributed by atoms with Crippen LogP contribution in [0.25, 0.3) is 32.6 Å². The number of rotatable bonds is 6. The Kier molecular flexibility index (Phi) is 5.08. The first-order valence-electron chi connectivity index (χ1n) is 11.1. The SMILES string of the molecule is Cc1ccc(C(=O)NC2CC2)cc1-c1ccc2c(cnn2S(=O)(=O)c2ccc(-c3ccon3)s2)c1. The number of hydrogen-bond donors (Lipinski definition) is 1. The third-order valence-electron chi connectivity index (χ3n) is 6.01. The van der Waals surface area contributed by atoms with Gasteiger partial charge in [-0.25, -0.2) is 0 Å². The highest BCUT2D eigenvalue weighted by atomic mass is 32.2. The number of hydrogen-bond acceptors (Lipinski definition) is 7. The molecule has 1 aliphatic carbocycles. The summed E-state index contributed by atoms with van der Waals surface area (Å²) in [5, 5.41) is 11.8. The third kappa shape index (κ3) is 3.94. The van der Waals surface area contributed by atoms with Crippen LogP contribution in [0.1, 0.15) is 28.8 Å². The molecule has 35 heavy (non-hydrogen) atoms. The molecule has 2 aromatic carbocycles. The molecule has 8 nitrogen and oxygen atoms in total. The van der Waals surface area contributed by atoms with Gasteiger partial charge in [0.1, 0.15) is 16.2 Å². The van der Waals surface area contributed by atoms with E-state index >= 15 is 0 Å². The van der Waals surface area contributed by atoms with Crippen molar-refractivity contribution < 1.29 is 17.7 Å². The van der Waals surface area contributed by atoms with Gasteiger partial charge in [-0.05, 0) is 72.9 Å². The van der Waals surface area contributed by atoms with Crippen molar-refractivity contribution in [2.45, 2.75) is 30.0 Å². The Morgan fingerprint density at radius 3 is 2.74 bits per heavy atom. The van der Waals surface area contributed by atoms with E-state index in [1.54, 1.807) is 30.5 Å². The Labute approximate surface area is 205 Å².